The molecule has 4 aromatic heterocycles. The van der Waals surface area contributed by atoms with Gasteiger partial charge >= 0.3 is 0 Å². The molecule has 0 aliphatic carbocycles. The van der Waals surface area contributed by atoms with Gasteiger partial charge in [0.2, 0.25) is 11.9 Å². The lowest BCUT2D eigenvalue weighted by Gasteiger charge is -2.28. The third-order valence-corrected chi connectivity index (χ3v) is 13.4. The van der Waals surface area contributed by atoms with E-state index in [-0.39, 0.29) is 6.04 Å². The van der Waals surface area contributed by atoms with Crippen molar-refractivity contribution in [2.45, 2.75) is 6.04 Å². The van der Waals surface area contributed by atoms with Crippen LogP contribution in [0.25, 0.3) is 105 Å². The largest absolute Gasteiger partial charge is 0.452 e. The van der Waals surface area contributed by atoms with E-state index in [1.807, 2.05) is 42.5 Å². The predicted octanol–water partition coefficient (Wildman–Crippen LogP) is 14.8. The third-order valence-electron chi connectivity index (χ3n) is 13.4. The number of nitrogens with one attached hydrogen (secondary N) is 1. The summed E-state index contributed by atoms with van der Waals surface area (Å²) in [6.45, 7) is 0. The molecular weight excluding hydrogens is 821 g/mol. The van der Waals surface area contributed by atoms with Crippen LogP contribution in [0.15, 0.2) is 228 Å². The van der Waals surface area contributed by atoms with Crippen molar-refractivity contribution < 1.29 is 4.42 Å². The highest BCUT2D eigenvalue weighted by Gasteiger charge is 2.27. The van der Waals surface area contributed by atoms with Crippen molar-refractivity contribution in [3.05, 3.63) is 230 Å². The van der Waals surface area contributed by atoms with Gasteiger partial charge in [-0.2, -0.15) is 0 Å². The van der Waals surface area contributed by atoms with Gasteiger partial charge in [-0.05, 0) is 69.9 Å². The van der Waals surface area contributed by atoms with E-state index in [9.17, 15) is 0 Å². The van der Waals surface area contributed by atoms with Gasteiger partial charge in [0.25, 0.3) is 0 Å². The Morgan fingerprint density at radius 1 is 0.448 bits per heavy atom. The molecular formula is C60H38N6O. The zero-order valence-corrected chi connectivity index (χ0v) is 36.0. The summed E-state index contributed by atoms with van der Waals surface area (Å²) in [7, 11) is 0. The maximum Gasteiger partial charge on any atom is 0.236 e. The smallest absolute Gasteiger partial charge is 0.236 e. The van der Waals surface area contributed by atoms with Gasteiger partial charge in [0, 0.05) is 44.3 Å². The average Bonchev–Trinajstić information content (AvgIpc) is 4.09. The fourth-order valence-electron chi connectivity index (χ4n) is 10.3. The van der Waals surface area contributed by atoms with E-state index in [1.54, 1.807) is 0 Å². The zero-order valence-electron chi connectivity index (χ0n) is 36.0. The van der Waals surface area contributed by atoms with E-state index >= 15 is 0 Å². The summed E-state index contributed by atoms with van der Waals surface area (Å²) in [6.07, 6.45) is 0. The van der Waals surface area contributed by atoms with Gasteiger partial charge in [-0.3, -0.25) is 9.13 Å². The zero-order chi connectivity index (χ0) is 44.0. The average molecular weight is 859 g/mol. The van der Waals surface area contributed by atoms with E-state index in [0.717, 1.165) is 94.7 Å². The number of aliphatic imine (C=N–C) groups is 1. The lowest BCUT2D eigenvalue weighted by atomic mass is 9.96. The van der Waals surface area contributed by atoms with Crippen molar-refractivity contribution in [2.24, 2.45) is 4.99 Å². The summed E-state index contributed by atoms with van der Waals surface area (Å²) >= 11 is 0. The van der Waals surface area contributed by atoms with Crippen molar-refractivity contribution in [1.82, 2.24) is 24.4 Å². The van der Waals surface area contributed by atoms with E-state index in [4.69, 9.17) is 19.4 Å². The number of fused-ring (bicyclic) bond motifs is 10. The summed E-state index contributed by atoms with van der Waals surface area (Å²) in [4.78, 5) is 15.9. The Labute approximate surface area is 384 Å². The second-order valence-corrected chi connectivity index (χ2v) is 17.2. The second kappa shape index (κ2) is 14.7. The molecule has 0 saturated heterocycles. The molecule has 1 aliphatic heterocycles. The summed E-state index contributed by atoms with van der Waals surface area (Å²) in [6, 6.07) is 76.8. The Balaban J connectivity index is 0.951. The van der Waals surface area contributed by atoms with E-state index in [1.165, 1.54) is 21.7 Å². The van der Waals surface area contributed by atoms with Crippen LogP contribution in [-0.2, 0) is 0 Å². The molecule has 1 atom stereocenters. The maximum atomic E-state index is 6.56. The highest BCUT2D eigenvalue weighted by molar-refractivity contribution is 6.24. The van der Waals surface area contributed by atoms with Gasteiger partial charge in [-0.1, -0.05) is 170 Å². The lowest BCUT2D eigenvalue weighted by Crippen LogP contribution is -2.36. The monoisotopic (exact) mass is 858 g/mol. The molecule has 7 nitrogen and oxygen atoms in total. The van der Waals surface area contributed by atoms with Crippen LogP contribution in [0.5, 0.6) is 0 Å². The summed E-state index contributed by atoms with van der Waals surface area (Å²) in [5.41, 5.74) is 13.9. The molecule has 67 heavy (non-hydrogen) atoms. The fraction of sp³-hybridized carbons (Fsp3) is 0.0167. The standard InChI is InChI=1S/C60H38N6O/c1-4-17-38(18-5-1)54-36-49-58(67-54)57(40-21-8-3-9-22-40)64-60(62-49)65-50-27-15-13-24-44(50)46-34-41(29-31-51(46)65)42-30-32-52-47(35-42)55-43-23-11-10-16-37(43)28-33-53(55)66(52)59-61-48-26-14-12-25-45(48)56(63-59)39-19-6-2-7-20-39/h1-36,56H,(H,61,63). The quantitative estimate of drug-likeness (QED) is 0.187. The van der Waals surface area contributed by atoms with Gasteiger partial charge in [0.15, 0.2) is 5.58 Å². The van der Waals surface area contributed by atoms with Gasteiger partial charge < -0.3 is 9.73 Å². The molecule has 0 spiro atoms. The molecule has 0 amide bonds. The Bertz CT molecular complexity index is 4130. The Morgan fingerprint density at radius 2 is 1.07 bits per heavy atom. The van der Waals surface area contributed by atoms with E-state index in [2.05, 4.69) is 190 Å². The molecule has 13 aromatic rings. The number of para-hydroxylation sites is 2. The number of rotatable bonds is 5. The van der Waals surface area contributed by atoms with Gasteiger partial charge in [0.1, 0.15) is 17.0 Å². The molecule has 0 fully saturated rings. The Kier molecular flexibility index (Phi) is 8.21. The number of aromatic nitrogens is 4. The molecule has 9 aromatic carbocycles. The van der Waals surface area contributed by atoms with Crippen LogP contribution >= 0.6 is 0 Å². The van der Waals surface area contributed by atoms with Crippen LogP contribution in [0.4, 0.5) is 5.69 Å². The number of hydrogen-bond acceptors (Lipinski definition) is 5. The highest BCUT2D eigenvalue weighted by Crippen LogP contribution is 2.42. The SMILES string of the molecule is c1ccc(-c2cc3nc(-n4c5ccccc5c5cc(-c6ccc7c(c6)c6c8ccccc8ccc6n7C6=Nc7ccccc7C(c7ccccc7)N6)ccc54)nc(-c4ccccc4)c3o2)cc1. The first kappa shape index (κ1) is 37.3. The summed E-state index contributed by atoms with van der Waals surface area (Å²) in [5, 5.41) is 10.9. The molecule has 14 rings (SSSR count). The molecule has 314 valence electrons. The minimum Gasteiger partial charge on any atom is -0.452 e. The van der Waals surface area contributed by atoms with Crippen LogP contribution in [0, 0.1) is 0 Å². The molecule has 1 N–H and O–H groups in total. The first-order valence-electron chi connectivity index (χ1n) is 22.6. The Hall–Kier alpha value is -9.07. The van der Waals surface area contributed by atoms with E-state index < -0.39 is 0 Å². The minimum atomic E-state index is -0.0605. The molecule has 5 heterocycles. The van der Waals surface area contributed by atoms with Crippen LogP contribution in [0.1, 0.15) is 17.2 Å². The van der Waals surface area contributed by atoms with Crippen molar-refractivity contribution in [3.63, 3.8) is 0 Å². The van der Waals surface area contributed by atoms with Gasteiger partial charge in [-0.25, -0.2) is 15.0 Å². The minimum absolute atomic E-state index is 0.0605. The fourth-order valence-corrected chi connectivity index (χ4v) is 10.3. The normalized spacial score (nSPS) is 13.7. The Morgan fingerprint density at radius 3 is 1.88 bits per heavy atom. The maximum absolute atomic E-state index is 6.56. The predicted molar refractivity (Wildman–Crippen MR) is 273 cm³/mol. The summed E-state index contributed by atoms with van der Waals surface area (Å²) < 4.78 is 11.1. The molecule has 0 bridgehead atoms. The number of benzene rings is 9. The summed E-state index contributed by atoms with van der Waals surface area (Å²) in [5.74, 6) is 2.14. The first-order chi connectivity index (χ1) is 33.2. The number of furan rings is 1. The van der Waals surface area contributed by atoms with Crippen molar-refractivity contribution in [3.8, 4) is 39.7 Å². The van der Waals surface area contributed by atoms with Gasteiger partial charge in [0.05, 0.1) is 33.8 Å². The number of hydrogen-bond donors (Lipinski definition) is 1. The topological polar surface area (TPSA) is 73.2 Å². The van der Waals surface area contributed by atoms with Crippen molar-refractivity contribution in [1.29, 1.82) is 0 Å². The second-order valence-electron chi connectivity index (χ2n) is 17.2. The van der Waals surface area contributed by atoms with Crippen LogP contribution in [0.3, 0.4) is 0 Å². The van der Waals surface area contributed by atoms with Crippen LogP contribution in [-0.4, -0.2) is 25.1 Å². The highest BCUT2D eigenvalue weighted by atomic mass is 16.3. The molecule has 7 heteroatoms. The van der Waals surface area contributed by atoms with Crippen molar-refractivity contribution in [2.75, 3.05) is 0 Å². The molecule has 1 aliphatic rings. The van der Waals surface area contributed by atoms with Crippen LogP contribution < -0.4 is 5.32 Å². The third kappa shape index (κ3) is 5.88. The van der Waals surface area contributed by atoms with Gasteiger partial charge in [-0.15, -0.1) is 0 Å². The first-order valence-corrected chi connectivity index (χ1v) is 22.6. The number of nitrogens with zero attached hydrogens (tertiary/aromatic N) is 5. The lowest BCUT2D eigenvalue weighted by molar-refractivity contribution is 0.630. The molecule has 0 radical (unpaired) electrons. The van der Waals surface area contributed by atoms with Crippen LogP contribution in [0.2, 0.25) is 0 Å². The molecule has 1 unspecified atom stereocenters. The van der Waals surface area contributed by atoms with E-state index in [0.29, 0.717) is 11.5 Å². The molecule has 0 saturated carbocycles. The van der Waals surface area contributed by atoms with Crippen molar-refractivity contribution >= 4 is 77.1 Å².